The fraction of sp³-hybridized carbons (Fsp3) is 0.200. The summed E-state index contributed by atoms with van der Waals surface area (Å²) in [5.41, 5.74) is 3.51. The summed E-state index contributed by atoms with van der Waals surface area (Å²) in [6.07, 6.45) is 5.24. The number of imidazole rings is 1. The summed E-state index contributed by atoms with van der Waals surface area (Å²) in [5, 5.41) is 8.10. The van der Waals surface area contributed by atoms with Gasteiger partial charge >= 0.3 is 0 Å². The first-order valence-electron chi connectivity index (χ1n) is 8.90. The molecule has 8 heteroatoms. The monoisotopic (exact) mass is 376 g/mol. The summed E-state index contributed by atoms with van der Waals surface area (Å²) >= 11 is 0. The summed E-state index contributed by atoms with van der Waals surface area (Å²) in [7, 11) is 1.62. The van der Waals surface area contributed by atoms with Gasteiger partial charge in [0.05, 0.1) is 36.9 Å². The topological polar surface area (TPSA) is 90.6 Å². The highest BCUT2D eigenvalue weighted by atomic mass is 16.5. The lowest BCUT2D eigenvalue weighted by Crippen LogP contribution is -2.13. The van der Waals surface area contributed by atoms with Crippen molar-refractivity contribution in [3.8, 4) is 28.3 Å². The molecule has 0 aliphatic carbocycles. The van der Waals surface area contributed by atoms with Crippen LogP contribution in [-0.2, 0) is 13.1 Å². The van der Waals surface area contributed by atoms with E-state index in [9.17, 15) is 4.79 Å². The minimum atomic E-state index is -0.169. The van der Waals surface area contributed by atoms with Gasteiger partial charge in [-0.05, 0) is 31.2 Å². The number of para-hydroxylation sites is 1. The molecule has 0 saturated carbocycles. The van der Waals surface area contributed by atoms with E-state index in [0.717, 1.165) is 17.0 Å². The Labute approximate surface area is 161 Å². The number of pyridine rings is 1. The molecule has 1 aromatic carbocycles. The number of aromatic amines is 1. The lowest BCUT2D eigenvalue weighted by Gasteiger charge is -2.12. The Balaban J connectivity index is 1.82. The zero-order valence-corrected chi connectivity index (χ0v) is 15.7. The van der Waals surface area contributed by atoms with E-state index in [-0.39, 0.29) is 5.56 Å². The van der Waals surface area contributed by atoms with E-state index in [1.807, 2.05) is 42.0 Å². The summed E-state index contributed by atoms with van der Waals surface area (Å²) in [4.78, 5) is 19.9. The normalized spacial score (nSPS) is 10.9. The predicted molar refractivity (Wildman–Crippen MR) is 105 cm³/mol. The van der Waals surface area contributed by atoms with Gasteiger partial charge in [0.2, 0.25) is 0 Å². The Hall–Kier alpha value is -3.68. The molecule has 0 unspecified atom stereocenters. The van der Waals surface area contributed by atoms with E-state index in [0.29, 0.717) is 30.1 Å². The fourth-order valence-corrected chi connectivity index (χ4v) is 3.19. The van der Waals surface area contributed by atoms with E-state index in [2.05, 4.69) is 20.3 Å². The van der Waals surface area contributed by atoms with Crippen molar-refractivity contribution in [3.05, 3.63) is 71.2 Å². The fourth-order valence-electron chi connectivity index (χ4n) is 3.19. The van der Waals surface area contributed by atoms with E-state index >= 15 is 0 Å². The van der Waals surface area contributed by atoms with Crippen LogP contribution >= 0.6 is 0 Å². The lowest BCUT2D eigenvalue weighted by molar-refractivity contribution is 0.416. The number of aromatic nitrogens is 6. The smallest absolute Gasteiger partial charge is 0.257 e. The first-order valence-corrected chi connectivity index (χ1v) is 8.90. The van der Waals surface area contributed by atoms with Crippen LogP contribution in [0.1, 0.15) is 5.69 Å². The number of nitrogens with zero attached hydrogens (tertiary/aromatic N) is 5. The third kappa shape index (κ3) is 3.32. The maximum Gasteiger partial charge on any atom is 0.257 e. The molecule has 0 fully saturated rings. The molecule has 3 heterocycles. The van der Waals surface area contributed by atoms with Crippen LogP contribution in [0.3, 0.4) is 0 Å². The average Bonchev–Trinajstić information content (AvgIpc) is 3.32. The third-order valence-electron chi connectivity index (χ3n) is 4.50. The second-order valence-corrected chi connectivity index (χ2v) is 6.37. The molecule has 4 aromatic rings. The number of benzene rings is 1. The molecule has 0 bridgehead atoms. The Morgan fingerprint density at radius 2 is 1.93 bits per heavy atom. The van der Waals surface area contributed by atoms with Gasteiger partial charge in [0.25, 0.3) is 5.56 Å². The van der Waals surface area contributed by atoms with E-state index in [1.54, 1.807) is 36.4 Å². The Bertz CT molecular complexity index is 1160. The average molecular weight is 376 g/mol. The van der Waals surface area contributed by atoms with Gasteiger partial charge in [0.1, 0.15) is 11.4 Å². The summed E-state index contributed by atoms with van der Waals surface area (Å²) in [6.45, 7) is 3.10. The Kier molecular flexibility index (Phi) is 4.76. The van der Waals surface area contributed by atoms with Crippen molar-refractivity contribution in [2.75, 3.05) is 7.11 Å². The van der Waals surface area contributed by atoms with Gasteiger partial charge in [0.15, 0.2) is 0 Å². The minimum Gasteiger partial charge on any atom is -0.496 e. The van der Waals surface area contributed by atoms with Crippen LogP contribution in [0.25, 0.3) is 22.5 Å². The van der Waals surface area contributed by atoms with Crippen molar-refractivity contribution < 1.29 is 4.74 Å². The third-order valence-corrected chi connectivity index (χ3v) is 4.50. The van der Waals surface area contributed by atoms with Crippen molar-refractivity contribution in [2.24, 2.45) is 0 Å². The van der Waals surface area contributed by atoms with Gasteiger partial charge < -0.3 is 14.3 Å². The van der Waals surface area contributed by atoms with Crippen LogP contribution < -0.4 is 10.3 Å². The predicted octanol–water partition coefficient (Wildman–Crippen LogP) is 2.51. The van der Waals surface area contributed by atoms with E-state index in [1.165, 1.54) is 0 Å². The number of aryl methyl sites for hydroxylation is 3. The zero-order valence-electron chi connectivity index (χ0n) is 15.7. The van der Waals surface area contributed by atoms with Crippen molar-refractivity contribution in [2.45, 2.75) is 20.0 Å². The van der Waals surface area contributed by atoms with Gasteiger partial charge in [-0.25, -0.2) is 4.98 Å². The Morgan fingerprint density at radius 1 is 1.11 bits per heavy atom. The quantitative estimate of drug-likeness (QED) is 0.558. The molecule has 142 valence electrons. The van der Waals surface area contributed by atoms with Crippen molar-refractivity contribution >= 4 is 0 Å². The molecule has 4 rings (SSSR count). The number of hydrogen-bond donors (Lipinski definition) is 1. The molecule has 8 nitrogen and oxygen atoms in total. The largest absolute Gasteiger partial charge is 0.496 e. The SMILES string of the molecule is COc1ccccc1-c1ncn(CCn2cc(C)nn2)c1-c1ccc[nH]c1=O. The molecular weight excluding hydrogens is 356 g/mol. The molecule has 0 spiro atoms. The van der Waals surface area contributed by atoms with Gasteiger partial charge in [-0.1, -0.05) is 17.3 Å². The summed E-state index contributed by atoms with van der Waals surface area (Å²) in [5.74, 6) is 0.702. The van der Waals surface area contributed by atoms with Gasteiger partial charge in [-0.2, -0.15) is 0 Å². The number of hydrogen-bond acceptors (Lipinski definition) is 5. The molecule has 1 N–H and O–H groups in total. The number of methoxy groups -OCH3 is 1. The number of ether oxygens (including phenoxy) is 1. The summed E-state index contributed by atoms with van der Waals surface area (Å²) < 4.78 is 9.24. The second kappa shape index (κ2) is 7.51. The van der Waals surface area contributed by atoms with Gasteiger partial charge in [-0.3, -0.25) is 9.48 Å². The Morgan fingerprint density at radius 3 is 2.68 bits per heavy atom. The number of rotatable bonds is 6. The van der Waals surface area contributed by atoms with Gasteiger partial charge in [-0.15, -0.1) is 5.10 Å². The highest BCUT2D eigenvalue weighted by Gasteiger charge is 2.19. The molecule has 0 amide bonds. The van der Waals surface area contributed by atoms with Crippen LogP contribution in [0, 0.1) is 6.92 Å². The standard InChI is InChI=1S/C20H20N6O2/c1-14-12-26(24-23-14)11-10-25-13-22-18(15-6-3-4-8-17(15)28-2)19(25)16-7-5-9-21-20(16)27/h3-9,12-13H,10-11H2,1-2H3,(H,21,27). The van der Waals surface area contributed by atoms with Crippen molar-refractivity contribution in [1.82, 2.24) is 29.5 Å². The highest BCUT2D eigenvalue weighted by Crippen LogP contribution is 2.35. The highest BCUT2D eigenvalue weighted by molar-refractivity contribution is 5.81. The number of nitrogens with one attached hydrogen (secondary N) is 1. The molecule has 0 atom stereocenters. The second-order valence-electron chi connectivity index (χ2n) is 6.37. The van der Waals surface area contributed by atoms with Crippen LogP contribution in [0.2, 0.25) is 0 Å². The molecule has 28 heavy (non-hydrogen) atoms. The van der Waals surface area contributed by atoms with Crippen LogP contribution in [-0.4, -0.2) is 36.6 Å². The first-order chi connectivity index (χ1) is 13.7. The van der Waals surface area contributed by atoms with Gasteiger partial charge in [0, 0.05) is 24.5 Å². The van der Waals surface area contributed by atoms with Crippen LogP contribution in [0.5, 0.6) is 5.75 Å². The first kappa shape index (κ1) is 17.7. The molecule has 0 aliphatic rings. The van der Waals surface area contributed by atoms with Crippen LogP contribution in [0.4, 0.5) is 0 Å². The van der Waals surface area contributed by atoms with Crippen molar-refractivity contribution in [3.63, 3.8) is 0 Å². The summed E-state index contributed by atoms with van der Waals surface area (Å²) in [6, 6.07) is 11.2. The van der Waals surface area contributed by atoms with Crippen LogP contribution in [0.15, 0.2) is 59.9 Å². The molecule has 3 aromatic heterocycles. The maximum absolute atomic E-state index is 12.5. The number of H-pyrrole nitrogens is 1. The lowest BCUT2D eigenvalue weighted by atomic mass is 10.0. The zero-order chi connectivity index (χ0) is 19.5. The van der Waals surface area contributed by atoms with E-state index < -0.39 is 0 Å². The molecular formula is C20H20N6O2. The van der Waals surface area contributed by atoms with E-state index in [4.69, 9.17) is 4.74 Å². The minimum absolute atomic E-state index is 0.169. The maximum atomic E-state index is 12.5. The van der Waals surface area contributed by atoms with Crippen molar-refractivity contribution in [1.29, 1.82) is 0 Å². The molecule has 0 radical (unpaired) electrons. The molecule has 0 saturated heterocycles. The molecule has 0 aliphatic heterocycles.